The number of carbonyl (C=O) groups excluding carboxylic acids is 2. The Hall–Kier alpha value is -3.75. The summed E-state index contributed by atoms with van der Waals surface area (Å²) in [5, 5.41) is 4.37. The van der Waals surface area contributed by atoms with Crippen LogP contribution in [0, 0.1) is 17.7 Å². The van der Waals surface area contributed by atoms with Gasteiger partial charge in [-0.3, -0.25) is 9.59 Å². The van der Waals surface area contributed by atoms with Gasteiger partial charge in [0.1, 0.15) is 17.1 Å². The van der Waals surface area contributed by atoms with Crippen LogP contribution in [0.15, 0.2) is 18.2 Å². The molecule has 1 aliphatic heterocycles. The number of nitrogens with two attached hydrogens (primary N) is 2. The van der Waals surface area contributed by atoms with Gasteiger partial charge in [-0.1, -0.05) is 5.92 Å². The van der Waals surface area contributed by atoms with E-state index in [-0.39, 0.29) is 34.6 Å². The minimum absolute atomic E-state index is 0.00721. The number of likely N-dealkylation sites (tertiary alicyclic amines) is 1. The van der Waals surface area contributed by atoms with Crippen molar-refractivity contribution in [3.8, 4) is 28.8 Å². The number of rotatable bonds is 5. The summed E-state index contributed by atoms with van der Waals surface area (Å²) in [7, 11) is 0. The molecule has 1 aromatic heterocycles. The maximum absolute atomic E-state index is 14.0. The monoisotopic (exact) mass is 467 g/mol. The van der Waals surface area contributed by atoms with E-state index < -0.39 is 30.3 Å². The molecule has 0 saturated carbocycles. The highest BCUT2D eigenvalue weighted by atomic mass is 19.4. The molecule has 2 aromatic rings. The molecule has 1 saturated heterocycles. The van der Waals surface area contributed by atoms with E-state index in [9.17, 15) is 27.2 Å². The van der Waals surface area contributed by atoms with E-state index in [4.69, 9.17) is 11.5 Å². The fraction of sp³-hybridized carbons (Fsp3) is 0.381. The number of benzene rings is 1. The third-order valence-electron chi connectivity index (χ3n) is 5.12. The summed E-state index contributed by atoms with van der Waals surface area (Å²) >= 11 is 0. The van der Waals surface area contributed by atoms with Crippen LogP contribution in [0.2, 0.25) is 0 Å². The van der Waals surface area contributed by atoms with Crippen molar-refractivity contribution in [1.82, 2.24) is 14.7 Å². The third-order valence-corrected chi connectivity index (χ3v) is 5.12. The standard InChI is InChI=1S/C21H21F4N5O3/c1-2-3-16(31)29-8-6-13(7-9-29)30-19(26)17(20(27)32)18(28-30)12-4-5-14(22)15(10-12)33-11-21(23,24)25/h4-5,10,13H,6-9,11,26H2,1H3,(H2,27,32). The minimum atomic E-state index is -4.66. The van der Waals surface area contributed by atoms with Crippen molar-refractivity contribution >= 4 is 17.6 Å². The average molecular weight is 467 g/mol. The molecular weight excluding hydrogens is 446 g/mol. The molecule has 33 heavy (non-hydrogen) atoms. The van der Waals surface area contributed by atoms with Crippen LogP contribution in [-0.2, 0) is 4.79 Å². The number of hydrogen-bond donors (Lipinski definition) is 2. The van der Waals surface area contributed by atoms with Crippen molar-refractivity contribution in [1.29, 1.82) is 0 Å². The van der Waals surface area contributed by atoms with E-state index in [1.54, 1.807) is 11.8 Å². The topological polar surface area (TPSA) is 116 Å². The SMILES string of the molecule is CC#CC(=O)N1CCC(n2nc(-c3ccc(F)c(OCC(F)(F)F)c3)c(C(N)=O)c2N)CC1. The first-order chi connectivity index (χ1) is 15.5. The molecular formula is C21H21F4N5O3. The van der Waals surface area contributed by atoms with Gasteiger partial charge in [-0.25, -0.2) is 9.07 Å². The molecule has 0 unspecified atom stereocenters. The maximum Gasteiger partial charge on any atom is 0.422 e. The fourth-order valence-corrected chi connectivity index (χ4v) is 3.59. The van der Waals surface area contributed by atoms with Gasteiger partial charge in [-0.2, -0.15) is 18.3 Å². The van der Waals surface area contributed by atoms with Gasteiger partial charge in [-0.15, -0.1) is 0 Å². The Morgan fingerprint density at radius 1 is 1.27 bits per heavy atom. The molecule has 2 heterocycles. The zero-order valence-electron chi connectivity index (χ0n) is 17.6. The van der Waals surface area contributed by atoms with Crippen LogP contribution >= 0.6 is 0 Å². The minimum Gasteiger partial charge on any atom is -0.481 e. The highest BCUT2D eigenvalue weighted by Crippen LogP contribution is 2.34. The Labute approximate surface area is 186 Å². The van der Waals surface area contributed by atoms with Gasteiger partial charge < -0.3 is 21.1 Å². The van der Waals surface area contributed by atoms with Crippen LogP contribution in [0.4, 0.5) is 23.4 Å². The molecule has 176 valence electrons. The summed E-state index contributed by atoms with van der Waals surface area (Å²) in [6.07, 6.45) is -3.71. The van der Waals surface area contributed by atoms with Gasteiger partial charge in [0.05, 0.1) is 6.04 Å². The van der Waals surface area contributed by atoms with Crippen LogP contribution in [0.3, 0.4) is 0 Å². The number of aromatic nitrogens is 2. The highest BCUT2D eigenvalue weighted by molar-refractivity contribution is 6.03. The number of nitrogens with zero attached hydrogens (tertiary/aromatic N) is 3. The second-order valence-electron chi connectivity index (χ2n) is 7.37. The average Bonchev–Trinajstić information content (AvgIpc) is 3.10. The smallest absolute Gasteiger partial charge is 0.422 e. The first-order valence-corrected chi connectivity index (χ1v) is 9.90. The number of ether oxygens (including phenoxy) is 1. The number of nitrogen functional groups attached to an aromatic ring is 1. The Morgan fingerprint density at radius 2 is 1.94 bits per heavy atom. The summed E-state index contributed by atoms with van der Waals surface area (Å²) < 4.78 is 57.4. The fourth-order valence-electron chi connectivity index (χ4n) is 3.59. The summed E-state index contributed by atoms with van der Waals surface area (Å²) in [6, 6.07) is 2.88. The Morgan fingerprint density at radius 3 is 2.52 bits per heavy atom. The molecule has 0 bridgehead atoms. The summed E-state index contributed by atoms with van der Waals surface area (Å²) in [6.45, 7) is 0.665. The number of alkyl halides is 3. The molecule has 3 rings (SSSR count). The lowest BCUT2D eigenvalue weighted by atomic mass is 10.0. The van der Waals surface area contributed by atoms with E-state index in [0.717, 1.165) is 12.1 Å². The van der Waals surface area contributed by atoms with E-state index in [0.29, 0.717) is 25.9 Å². The lowest BCUT2D eigenvalue weighted by Crippen LogP contribution is -2.38. The lowest BCUT2D eigenvalue weighted by molar-refractivity contribution is -0.153. The van der Waals surface area contributed by atoms with Crippen LogP contribution in [-0.4, -0.2) is 52.4 Å². The number of piperidine rings is 1. The van der Waals surface area contributed by atoms with E-state index in [1.165, 1.54) is 10.7 Å². The van der Waals surface area contributed by atoms with Gasteiger partial charge in [0.15, 0.2) is 18.2 Å². The first-order valence-electron chi connectivity index (χ1n) is 9.90. The van der Waals surface area contributed by atoms with Crippen molar-refractivity contribution < 1.29 is 31.9 Å². The van der Waals surface area contributed by atoms with Crippen LogP contribution in [0.1, 0.15) is 36.2 Å². The highest BCUT2D eigenvalue weighted by Gasteiger charge is 2.31. The molecule has 1 fully saturated rings. The number of halogens is 4. The van der Waals surface area contributed by atoms with Gasteiger partial charge in [-0.05, 0) is 43.9 Å². The largest absolute Gasteiger partial charge is 0.481 e. The predicted molar refractivity (Wildman–Crippen MR) is 110 cm³/mol. The second kappa shape index (κ2) is 9.40. The van der Waals surface area contributed by atoms with E-state index in [1.807, 2.05) is 0 Å². The van der Waals surface area contributed by atoms with Crippen molar-refractivity contribution in [3.63, 3.8) is 0 Å². The molecule has 0 atom stereocenters. The Bertz CT molecular complexity index is 1130. The van der Waals surface area contributed by atoms with Crippen molar-refractivity contribution in [2.24, 2.45) is 5.73 Å². The van der Waals surface area contributed by atoms with Crippen molar-refractivity contribution in [2.75, 3.05) is 25.4 Å². The van der Waals surface area contributed by atoms with Gasteiger partial charge in [0.25, 0.3) is 11.8 Å². The van der Waals surface area contributed by atoms with Crippen molar-refractivity contribution in [2.45, 2.75) is 32.0 Å². The third kappa shape index (κ3) is 5.36. The number of anilines is 1. The normalized spacial score (nSPS) is 14.5. The first kappa shape index (κ1) is 23.9. The van der Waals surface area contributed by atoms with E-state index in [2.05, 4.69) is 21.7 Å². The number of hydrogen-bond acceptors (Lipinski definition) is 5. The zero-order chi connectivity index (χ0) is 24.3. The van der Waals surface area contributed by atoms with Crippen LogP contribution < -0.4 is 16.2 Å². The molecule has 0 aliphatic carbocycles. The maximum atomic E-state index is 14.0. The predicted octanol–water partition coefficient (Wildman–Crippen LogP) is 2.50. The summed E-state index contributed by atoms with van der Waals surface area (Å²) in [5.74, 6) is 2.14. The van der Waals surface area contributed by atoms with Gasteiger partial charge >= 0.3 is 6.18 Å². The number of carbonyl (C=O) groups is 2. The Balaban J connectivity index is 1.92. The zero-order valence-corrected chi connectivity index (χ0v) is 17.6. The van der Waals surface area contributed by atoms with Crippen LogP contribution in [0.5, 0.6) is 5.75 Å². The van der Waals surface area contributed by atoms with E-state index >= 15 is 0 Å². The molecule has 8 nitrogen and oxygen atoms in total. The van der Waals surface area contributed by atoms with Gasteiger partial charge in [0, 0.05) is 18.7 Å². The second-order valence-corrected chi connectivity index (χ2v) is 7.37. The molecule has 12 heteroatoms. The molecule has 1 aliphatic rings. The number of amides is 2. The van der Waals surface area contributed by atoms with Gasteiger partial charge in [0.2, 0.25) is 0 Å². The molecule has 4 N–H and O–H groups in total. The molecule has 0 spiro atoms. The number of primary amides is 1. The van der Waals surface area contributed by atoms with Crippen LogP contribution in [0.25, 0.3) is 11.3 Å². The Kier molecular flexibility index (Phi) is 6.81. The summed E-state index contributed by atoms with van der Waals surface area (Å²) in [5.41, 5.74) is 11.6. The lowest BCUT2D eigenvalue weighted by Gasteiger charge is -2.31. The quantitative estimate of drug-likeness (QED) is 0.518. The molecule has 2 amide bonds. The van der Waals surface area contributed by atoms with Crippen molar-refractivity contribution in [3.05, 3.63) is 29.6 Å². The molecule has 1 aromatic carbocycles. The summed E-state index contributed by atoms with van der Waals surface area (Å²) in [4.78, 5) is 25.6. The molecule has 0 radical (unpaired) electrons.